The third kappa shape index (κ3) is 3.21. The van der Waals surface area contributed by atoms with Crippen molar-refractivity contribution in [1.29, 1.82) is 0 Å². The van der Waals surface area contributed by atoms with Gasteiger partial charge in [-0.25, -0.2) is 5.43 Å². The van der Waals surface area contributed by atoms with Crippen LogP contribution < -0.4 is 20.3 Å². The van der Waals surface area contributed by atoms with Crippen LogP contribution in [0.4, 0.5) is 0 Å². The predicted octanol–water partition coefficient (Wildman–Crippen LogP) is 1.32. The third-order valence-electron chi connectivity index (χ3n) is 5.11. The molecule has 1 aromatic rings. The summed E-state index contributed by atoms with van der Waals surface area (Å²) in [5, 5.41) is 0. The number of para-hydroxylation sites is 2. The van der Waals surface area contributed by atoms with Crippen molar-refractivity contribution >= 4 is 5.91 Å². The van der Waals surface area contributed by atoms with Gasteiger partial charge in [-0.2, -0.15) is 0 Å². The molecule has 0 aromatic heterocycles. The number of rotatable bonds is 5. The first-order chi connectivity index (χ1) is 11.7. The molecule has 3 unspecified atom stereocenters. The summed E-state index contributed by atoms with van der Waals surface area (Å²) in [6, 6.07) is 7.98. The van der Waals surface area contributed by atoms with Crippen LogP contribution in [0.3, 0.4) is 0 Å². The monoisotopic (exact) mass is 331 g/mol. The highest BCUT2D eigenvalue weighted by Crippen LogP contribution is 2.36. The maximum atomic E-state index is 12.8. The van der Waals surface area contributed by atoms with Crippen LogP contribution >= 0.6 is 0 Å². The second-order valence-corrected chi connectivity index (χ2v) is 6.90. The zero-order valence-electron chi connectivity index (χ0n) is 14.0. The fraction of sp³-hybridized carbons (Fsp3) is 0.611. The van der Waals surface area contributed by atoms with Gasteiger partial charge in [-0.1, -0.05) is 12.1 Å². The molecule has 6 nitrogen and oxygen atoms in total. The van der Waals surface area contributed by atoms with Crippen LogP contribution in [0.1, 0.15) is 26.2 Å². The van der Waals surface area contributed by atoms with Crippen molar-refractivity contribution in [3.05, 3.63) is 24.3 Å². The van der Waals surface area contributed by atoms with Gasteiger partial charge in [0.15, 0.2) is 17.6 Å². The van der Waals surface area contributed by atoms with Gasteiger partial charge in [0.05, 0.1) is 6.54 Å². The number of nitrogens with zero attached hydrogens (tertiary/aromatic N) is 1. The number of hydrogen-bond acceptors (Lipinski definition) is 5. The lowest BCUT2D eigenvalue weighted by molar-refractivity contribution is -0.134. The molecule has 0 spiro atoms. The lowest BCUT2D eigenvalue weighted by atomic mass is 10.1. The lowest BCUT2D eigenvalue weighted by Gasteiger charge is -2.32. The number of ether oxygens (including phenoxy) is 2. The first-order valence-corrected chi connectivity index (χ1v) is 8.93. The maximum Gasteiger partial charge on any atom is 0.241 e. The molecular weight excluding hydrogens is 306 g/mol. The molecule has 1 aliphatic carbocycles. The quantitative estimate of drug-likeness (QED) is 0.852. The van der Waals surface area contributed by atoms with Gasteiger partial charge in [0, 0.05) is 12.6 Å². The van der Waals surface area contributed by atoms with Crippen LogP contribution in [0.25, 0.3) is 0 Å². The molecule has 2 heterocycles. The zero-order chi connectivity index (χ0) is 16.5. The van der Waals surface area contributed by atoms with Crippen molar-refractivity contribution in [1.82, 2.24) is 15.8 Å². The Morgan fingerprint density at radius 1 is 1.25 bits per heavy atom. The van der Waals surface area contributed by atoms with Gasteiger partial charge in [0.2, 0.25) is 5.91 Å². The van der Waals surface area contributed by atoms with Gasteiger partial charge in [-0.15, -0.1) is 0 Å². The summed E-state index contributed by atoms with van der Waals surface area (Å²) >= 11 is 0. The van der Waals surface area contributed by atoms with Gasteiger partial charge < -0.3 is 14.4 Å². The molecule has 1 amide bonds. The molecule has 130 valence electrons. The van der Waals surface area contributed by atoms with Gasteiger partial charge in [-0.05, 0) is 44.2 Å². The molecule has 2 fully saturated rings. The van der Waals surface area contributed by atoms with E-state index in [9.17, 15) is 4.79 Å². The molecule has 2 N–H and O–H groups in total. The van der Waals surface area contributed by atoms with E-state index in [-0.39, 0.29) is 18.1 Å². The summed E-state index contributed by atoms with van der Waals surface area (Å²) in [5.74, 6) is 2.43. The second kappa shape index (κ2) is 6.61. The van der Waals surface area contributed by atoms with Crippen LogP contribution in [0.15, 0.2) is 24.3 Å². The highest BCUT2D eigenvalue weighted by molar-refractivity contribution is 5.82. The van der Waals surface area contributed by atoms with Gasteiger partial charge in [0.25, 0.3) is 0 Å². The van der Waals surface area contributed by atoms with Crippen LogP contribution in [0.2, 0.25) is 0 Å². The molecule has 3 aliphatic rings. The summed E-state index contributed by atoms with van der Waals surface area (Å²) in [6.07, 6.45) is 3.32. The lowest BCUT2D eigenvalue weighted by Crippen LogP contribution is -2.50. The Morgan fingerprint density at radius 2 is 2.04 bits per heavy atom. The van der Waals surface area contributed by atoms with E-state index in [1.807, 2.05) is 36.1 Å². The van der Waals surface area contributed by atoms with Crippen LogP contribution in [-0.4, -0.2) is 48.7 Å². The molecule has 1 saturated heterocycles. The number of carbonyl (C=O) groups excluding carboxylic acids is 1. The summed E-state index contributed by atoms with van der Waals surface area (Å²) < 4.78 is 11.7. The summed E-state index contributed by atoms with van der Waals surface area (Å²) in [7, 11) is 0. The highest BCUT2D eigenvalue weighted by Gasteiger charge is 2.40. The predicted molar refractivity (Wildman–Crippen MR) is 89.8 cm³/mol. The molecule has 6 heteroatoms. The van der Waals surface area contributed by atoms with E-state index in [4.69, 9.17) is 9.47 Å². The Morgan fingerprint density at radius 3 is 2.79 bits per heavy atom. The zero-order valence-corrected chi connectivity index (χ0v) is 14.0. The van der Waals surface area contributed by atoms with E-state index in [0.29, 0.717) is 25.7 Å². The molecule has 24 heavy (non-hydrogen) atoms. The third-order valence-corrected chi connectivity index (χ3v) is 5.11. The van der Waals surface area contributed by atoms with E-state index in [0.717, 1.165) is 23.8 Å². The number of amides is 1. The topological polar surface area (TPSA) is 62.8 Å². The molecular formula is C18H25N3O3. The normalized spacial score (nSPS) is 28.6. The minimum atomic E-state index is -0.132. The van der Waals surface area contributed by atoms with E-state index < -0.39 is 0 Å². The Balaban J connectivity index is 1.35. The van der Waals surface area contributed by atoms with E-state index in [1.54, 1.807) is 0 Å². The number of hydrazine groups is 1. The number of carbonyl (C=O) groups is 1. The Labute approximate surface area is 142 Å². The van der Waals surface area contributed by atoms with Crippen molar-refractivity contribution in [2.75, 3.05) is 19.7 Å². The molecule has 2 aliphatic heterocycles. The molecule has 1 aromatic carbocycles. The van der Waals surface area contributed by atoms with Crippen LogP contribution in [0, 0.1) is 5.92 Å². The van der Waals surface area contributed by atoms with Crippen molar-refractivity contribution in [2.45, 2.75) is 44.4 Å². The molecule has 1 saturated carbocycles. The van der Waals surface area contributed by atoms with Crippen molar-refractivity contribution in [3.8, 4) is 11.5 Å². The van der Waals surface area contributed by atoms with Gasteiger partial charge in [0.1, 0.15) is 12.6 Å². The van der Waals surface area contributed by atoms with Crippen LogP contribution in [-0.2, 0) is 4.79 Å². The fourth-order valence-corrected chi connectivity index (χ4v) is 3.55. The van der Waals surface area contributed by atoms with E-state index in [1.165, 1.54) is 12.8 Å². The molecule has 4 rings (SSSR count). The summed E-state index contributed by atoms with van der Waals surface area (Å²) in [5.41, 5.74) is 6.47. The van der Waals surface area contributed by atoms with E-state index >= 15 is 0 Å². The first kappa shape index (κ1) is 15.7. The van der Waals surface area contributed by atoms with Crippen molar-refractivity contribution < 1.29 is 14.3 Å². The van der Waals surface area contributed by atoms with Crippen LogP contribution in [0.5, 0.6) is 11.5 Å². The molecule has 0 radical (unpaired) electrons. The van der Waals surface area contributed by atoms with E-state index in [2.05, 4.69) is 10.9 Å². The second-order valence-electron chi connectivity index (χ2n) is 6.90. The SMILES string of the molecule is CCN(CC1COc2ccccc2O1)C(=O)C1CC(C2CC2)NN1. The van der Waals surface area contributed by atoms with Crippen molar-refractivity contribution in [2.24, 2.45) is 5.92 Å². The number of fused-ring (bicyclic) bond motifs is 1. The molecule has 0 bridgehead atoms. The minimum Gasteiger partial charge on any atom is -0.486 e. The Hall–Kier alpha value is -1.79. The fourth-order valence-electron chi connectivity index (χ4n) is 3.55. The largest absolute Gasteiger partial charge is 0.486 e. The summed E-state index contributed by atoms with van der Waals surface area (Å²) in [4.78, 5) is 14.7. The first-order valence-electron chi connectivity index (χ1n) is 8.93. The minimum absolute atomic E-state index is 0.127. The standard InChI is InChI=1S/C18H25N3O3/c1-2-21(18(22)15-9-14(19-20-15)12-7-8-12)10-13-11-23-16-5-3-4-6-17(16)24-13/h3-6,12-15,19-20H,2,7-11H2,1H3. The number of hydrogen-bond donors (Lipinski definition) is 2. The number of nitrogens with one attached hydrogen (secondary N) is 2. The highest BCUT2D eigenvalue weighted by atomic mass is 16.6. The average molecular weight is 331 g/mol. The van der Waals surface area contributed by atoms with Crippen molar-refractivity contribution in [3.63, 3.8) is 0 Å². The molecule has 3 atom stereocenters. The summed E-state index contributed by atoms with van der Waals surface area (Å²) in [6.45, 7) is 3.71. The Kier molecular flexibility index (Phi) is 4.33. The Bertz CT molecular complexity index is 605. The average Bonchev–Trinajstić information content (AvgIpc) is 3.36. The van der Waals surface area contributed by atoms with Gasteiger partial charge in [-0.3, -0.25) is 10.2 Å². The maximum absolute atomic E-state index is 12.8. The number of likely N-dealkylation sites (N-methyl/N-ethyl adjacent to an activating group) is 1. The number of benzene rings is 1. The smallest absolute Gasteiger partial charge is 0.241 e. The van der Waals surface area contributed by atoms with Gasteiger partial charge >= 0.3 is 0 Å².